The average molecular weight is 292 g/mol. The van der Waals surface area contributed by atoms with E-state index in [1.54, 1.807) is 0 Å². The topological polar surface area (TPSA) is 34.1 Å². The van der Waals surface area contributed by atoms with Gasteiger partial charge in [-0.1, -0.05) is 46.1 Å². The largest absolute Gasteiger partial charge is 0.474 e. The Morgan fingerprint density at radius 3 is 2.71 bits per heavy atom. The van der Waals surface area contributed by atoms with Gasteiger partial charge in [0.1, 0.15) is 0 Å². The molecular formula is C18H32N2O. The first-order valence-corrected chi connectivity index (χ1v) is 8.44. The lowest BCUT2D eigenvalue weighted by Gasteiger charge is -2.17. The first kappa shape index (κ1) is 18.0. The summed E-state index contributed by atoms with van der Waals surface area (Å²) in [5.41, 5.74) is 1.15. The molecular weight excluding hydrogens is 260 g/mol. The minimum Gasteiger partial charge on any atom is -0.474 e. The van der Waals surface area contributed by atoms with Gasteiger partial charge in [-0.3, -0.25) is 0 Å². The first-order valence-electron chi connectivity index (χ1n) is 8.44. The van der Waals surface area contributed by atoms with Crippen molar-refractivity contribution in [1.82, 2.24) is 10.3 Å². The number of unbranched alkanes of at least 4 members (excludes halogenated alkanes) is 3. The number of pyridine rings is 1. The van der Waals surface area contributed by atoms with Gasteiger partial charge in [0.05, 0.1) is 6.10 Å². The number of aromatic nitrogens is 1. The molecule has 3 heteroatoms. The zero-order valence-electron chi connectivity index (χ0n) is 14.2. The van der Waals surface area contributed by atoms with E-state index in [9.17, 15) is 0 Å². The van der Waals surface area contributed by atoms with E-state index in [0.717, 1.165) is 31.0 Å². The highest BCUT2D eigenvalue weighted by Crippen LogP contribution is 2.18. The van der Waals surface area contributed by atoms with Crippen molar-refractivity contribution in [2.75, 3.05) is 6.54 Å². The summed E-state index contributed by atoms with van der Waals surface area (Å²) in [7, 11) is 0. The van der Waals surface area contributed by atoms with Gasteiger partial charge in [-0.15, -0.1) is 0 Å². The fourth-order valence-corrected chi connectivity index (χ4v) is 2.27. The van der Waals surface area contributed by atoms with E-state index in [0.29, 0.717) is 5.92 Å². The monoisotopic (exact) mass is 292 g/mol. The minimum atomic E-state index is 0.237. The molecule has 21 heavy (non-hydrogen) atoms. The lowest BCUT2D eigenvalue weighted by atomic mass is 10.1. The maximum absolute atomic E-state index is 6.03. The van der Waals surface area contributed by atoms with Gasteiger partial charge in [0.15, 0.2) is 0 Å². The smallest absolute Gasteiger partial charge is 0.218 e. The van der Waals surface area contributed by atoms with Crippen LogP contribution >= 0.6 is 0 Å². The van der Waals surface area contributed by atoms with Gasteiger partial charge in [0.2, 0.25) is 5.88 Å². The molecule has 0 aliphatic heterocycles. The average Bonchev–Trinajstić information content (AvgIpc) is 2.45. The van der Waals surface area contributed by atoms with Crippen LogP contribution in [-0.2, 0) is 6.54 Å². The molecule has 0 saturated carbocycles. The standard InChI is InChI=1S/C18H32N2O/c1-5-6-7-8-10-16(4)21-18-17(11-9-12-20-18)14-19-13-15(2)3/h9,11-12,15-16,19H,5-8,10,13-14H2,1-4H3. The van der Waals surface area contributed by atoms with Crippen molar-refractivity contribution >= 4 is 0 Å². The number of ether oxygens (including phenoxy) is 1. The first-order chi connectivity index (χ1) is 10.1. The van der Waals surface area contributed by atoms with E-state index in [1.165, 1.54) is 25.7 Å². The Morgan fingerprint density at radius 2 is 2.00 bits per heavy atom. The predicted molar refractivity (Wildman–Crippen MR) is 89.6 cm³/mol. The predicted octanol–water partition coefficient (Wildman–Crippen LogP) is 4.56. The number of rotatable bonds is 11. The second-order valence-corrected chi connectivity index (χ2v) is 6.27. The quantitative estimate of drug-likeness (QED) is 0.607. The van der Waals surface area contributed by atoms with E-state index in [4.69, 9.17) is 4.74 Å². The summed E-state index contributed by atoms with van der Waals surface area (Å²) in [6.45, 7) is 10.7. The number of nitrogens with zero attached hydrogens (tertiary/aromatic N) is 1. The van der Waals surface area contributed by atoms with Crippen molar-refractivity contribution in [3.05, 3.63) is 23.9 Å². The SMILES string of the molecule is CCCCCCC(C)Oc1ncccc1CNCC(C)C. The molecule has 0 bridgehead atoms. The van der Waals surface area contributed by atoms with Crippen LogP contribution in [0.2, 0.25) is 0 Å². The Kier molecular flexibility index (Phi) is 9.07. The Hall–Kier alpha value is -1.09. The molecule has 1 heterocycles. The Morgan fingerprint density at radius 1 is 1.19 bits per heavy atom. The Labute approximate surface area is 130 Å². The van der Waals surface area contributed by atoms with Crippen LogP contribution in [0.15, 0.2) is 18.3 Å². The maximum Gasteiger partial charge on any atom is 0.218 e. The molecule has 0 aliphatic carbocycles. The summed E-state index contributed by atoms with van der Waals surface area (Å²) >= 11 is 0. The van der Waals surface area contributed by atoms with Gasteiger partial charge in [0, 0.05) is 18.3 Å². The molecule has 0 radical (unpaired) electrons. The van der Waals surface area contributed by atoms with E-state index < -0.39 is 0 Å². The lowest BCUT2D eigenvalue weighted by molar-refractivity contribution is 0.195. The molecule has 1 unspecified atom stereocenters. The minimum absolute atomic E-state index is 0.237. The fraction of sp³-hybridized carbons (Fsp3) is 0.722. The van der Waals surface area contributed by atoms with Crippen molar-refractivity contribution < 1.29 is 4.74 Å². The van der Waals surface area contributed by atoms with Crippen LogP contribution in [0.3, 0.4) is 0 Å². The molecule has 1 N–H and O–H groups in total. The van der Waals surface area contributed by atoms with Crippen LogP contribution in [0.5, 0.6) is 5.88 Å². The molecule has 0 fully saturated rings. The van der Waals surface area contributed by atoms with Crippen LogP contribution in [0, 0.1) is 5.92 Å². The Balaban J connectivity index is 2.42. The van der Waals surface area contributed by atoms with Crippen LogP contribution in [0.25, 0.3) is 0 Å². The number of hydrogen-bond donors (Lipinski definition) is 1. The third-order valence-electron chi connectivity index (χ3n) is 3.50. The normalized spacial score (nSPS) is 12.6. The molecule has 0 spiro atoms. The van der Waals surface area contributed by atoms with Crippen LogP contribution < -0.4 is 10.1 Å². The second kappa shape index (κ2) is 10.6. The summed E-state index contributed by atoms with van der Waals surface area (Å²) in [6, 6.07) is 4.07. The molecule has 0 saturated heterocycles. The van der Waals surface area contributed by atoms with Gasteiger partial charge >= 0.3 is 0 Å². The van der Waals surface area contributed by atoms with Crippen molar-refractivity contribution in [3.8, 4) is 5.88 Å². The van der Waals surface area contributed by atoms with Crippen LogP contribution in [0.1, 0.15) is 65.4 Å². The number of hydrogen-bond acceptors (Lipinski definition) is 3. The summed E-state index contributed by atoms with van der Waals surface area (Å²) in [5.74, 6) is 1.44. The summed E-state index contributed by atoms with van der Waals surface area (Å²) < 4.78 is 6.03. The molecule has 3 nitrogen and oxygen atoms in total. The van der Waals surface area contributed by atoms with Gasteiger partial charge in [-0.25, -0.2) is 4.98 Å². The molecule has 0 amide bonds. The van der Waals surface area contributed by atoms with Crippen molar-refractivity contribution in [1.29, 1.82) is 0 Å². The highest BCUT2D eigenvalue weighted by molar-refractivity contribution is 5.25. The van der Waals surface area contributed by atoms with E-state index >= 15 is 0 Å². The van der Waals surface area contributed by atoms with Gasteiger partial charge < -0.3 is 10.1 Å². The molecule has 1 atom stereocenters. The highest BCUT2D eigenvalue weighted by atomic mass is 16.5. The fourth-order valence-electron chi connectivity index (χ4n) is 2.27. The van der Waals surface area contributed by atoms with Gasteiger partial charge in [0.25, 0.3) is 0 Å². The van der Waals surface area contributed by atoms with Crippen molar-refractivity contribution in [2.24, 2.45) is 5.92 Å². The van der Waals surface area contributed by atoms with E-state index in [-0.39, 0.29) is 6.10 Å². The molecule has 1 aromatic heterocycles. The highest BCUT2D eigenvalue weighted by Gasteiger charge is 2.09. The van der Waals surface area contributed by atoms with Gasteiger partial charge in [-0.2, -0.15) is 0 Å². The molecule has 1 aromatic rings. The van der Waals surface area contributed by atoms with Crippen LogP contribution in [0.4, 0.5) is 0 Å². The third kappa shape index (κ3) is 8.05. The molecule has 0 aromatic carbocycles. The van der Waals surface area contributed by atoms with Crippen molar-refractivity contribution in [2.45, 2.75) is 72.4 Å². The molecule has 120 valence electrons. The maximum atomic E-state index is 6.03. The van der Waals surface area contributed by atoms with E-state index in [2.05, 4.69) is 44.1 Å². The van der Waals surface area contributed by atoms with Crippen LogP contribution in [-0.4, -0.2) is 17.6 Å². The summed E-state index contributed by atoms with van der Waals surface area (Å²) in [6.07, 6.45) is 8.29. The number of nitrogens with one attached hydrogen (secondary N) is 1. The third-order valence-corrected chi connectivity index (χ3v) is 3.50. The Bertz CT molecular complexity index is 379. The summed E-state index contributed by atoms with van der Waals surface area (Å²) in [5, 5.41) is 3.45. The second-order valence-electron chi connectivity index (χ2n) is 6.27. The zero-order valence-corrected chi connectivity index (χ0v) is 14.2. The van der Waals surface area contributed by atoms with E-state index in [1.807, 2.05) is 12.3 Å². The lowest BCUT2D eigenvalue weighted by Crippen LogP contribution is -2.20. The van der Waals surface area contributed by atoms with Crippen molar-refractivity contribution in [3.63, 3.8) is 0 Å². The molecule has 1 rings (SSSR count). The summed E-state index contributed by atoms with van der Waals surface area (Å²) in [4.78, 5) is 4.40. The zero-order chi connectivity index (χ0) is 15.5. The van der Waals surface area contributed by atoms with Gasteiger partial charge in [-0.05, 0) is 38.3 Å². The molecule has 0 aliphatic rings.